The van der Waals surface area contributed by atoms with Crippen LogP contribution in [-0.2, 0) is 25.4 Å². The fourth-order valence-corrected chi connectivity index (χ4v) is 3.04. The van der Waals surface area contributed by atoms with Crippen LogP contribution in [0.1, 0.15) is 25.3 Å². The molecular weight excluding hydrogens is 268 g/mol. The highest BCUT2D eigenvalue weighted by Crippen LogP contribution is 2.37. The van der Waals surface area contributed by atoms with E-state index in [2.05, 4.69) is 19.1 Å². The molecule has 4 heteroatoms. The van der Waals surface area contributed by atoms with Gasteiger partial charge in [-0.3, -0.25) is 4.79 Å². The number of hydrogen-bond acceptors (Lipinski definition) is 4. The van der Waals surface area contributed by atoms with Crippen molar-refractivity contribution < 1.29 is 19.0 Å². The summed E-state index contributed by atoms with van der Waals surface area (Å²) in [6.07, 6.45) is 2.00. The van der Waals surface area contributed by atoms with E-state index in [0.717, 1.165) is 12.8 Å². The SMILES string of the molecule is COC(=O)C[C@H]1[C@@H](C)[C@@H](OC)O[C@@H]1CCc1ccccc1. The zero-order valence-electron chi connectivity index (χ0n) is 13.0. The molecule has 21 heavy (non-hydrogen) atoms. The fourth-order valence-electron chi connectivity index (χ4n) is 3.04. The first kappa shape index (κ1) is 16.0. The van der Waals surface area contributed by atoms with Crippen molar-refractivity contribution in [2.75, 3.05) is 14.2 Å². The van der Waals surface area contributed by atoms with Crippen molar-refractivity contribution in [2.24, 2.45) is 11.8 Å². The van der Waals surface area contributed by atoms with Gasteiger partial charge in [-0.15, -0.1) is 0 Å². The topological polar surface area (TPSA) is 44.8 Å². The molecule has 0 amide bonds. The third kappa shape index (κ3) is 4.05. The summed E-state index contributed by atoms with van der Waals surface area (Å²) in [5, 5.41) is 0. The number of carbonyl (C=O) groups excluding carboxylic acids is 1. The summed E-state index contributed by atoms with van der Waals surface area (Å²) >= 11 is 0. The van der Waals surface area contributed by atoms with E-state index in [4.69, 9.17) is 14.2 Å². The average molecular weight is 292 g/mol. The van der Waals surface area contributed by atoms with Crippen LogP contribution in [0.15, 0.2) is 30.3 Å². The minimum atomic E-state index is -0.236. The van der Waals surface area contributed by atoms with Gasteiger partial charge in [-0.2, -0.15) is 0 Å². The van der Waals surface area contributed by atoms with Crippen molar-refractivity contribution in [3.05, 3.63) is 35.9 Å². The molecule has 0 unspecified atom stereocenters. The molecule has 0 spiro atoms. The van der Waals surface area contributed by atoms with E-state index >= 15 is 0 Å². The second kappa shape index (κ2) is 7.57. The number of carbonyl (C=O) groups is 1. The van der Waals surface area contributed by atoms with Gasteiger partial charge >= 0.3 is 5.97 Å². The van der Waals surface area contributed by atoms with Crippen LogP contribution < -0.4 is 0 Å². The lowest BCUT2D eigenvalue weighted by atomic mass is 9.86. The molecule has 116 valence electrons. The largest absolute Gasteiger partial charge is 0.469 e. The molecule has 0 aliphatic carbocycles. The molecule has 0 radical (unpaired) electrons. The van der Waals surface area contributed by atoms with Gasteiger partial charge in [0.2, 0.25) is 0 Å². The van der Waals surface area contributed by atoms with Crippen molar-refractivity contribution in [2.45, 2.75) is 38.6 Å². The Morgan fingerprint density at radius 1 is 1.24 bits per heavy atom. The minimum absolute atomic E-state index is 0.0317. The summed E-state index contributed by atoms with van der Waals surface area (Å²) in [7, 11) is 3.07. The molecule has 0 N–H and O–H groups in total. The smallest absolute Gasteiger partial charge is 0.305 e. The van der Waals surface area contributed by atoms with E-state index < -0.39 is 0 Å². The molecule has 0 aromatic heterocycles. The standard InChI is InChI=1S/C17H24O4/c1-12-14(11-16(18)19-2)15(21-17(12)20-3)10-9-13-7-5-4-6-8-13/h4-8,12,14-15,17H,9-11H2,1-3H3/t12-,14+,15-,17+/m1/s1. The van der Waals surface area contributed by atoms with Crippen LogP contribution in [0.5, 0.6) is 0 Å². The third-order valence-corrected chi connectivity index (χ3v) is 4.31. The molecule has 1 fully saturated rings. The molecule has 1 aliphatic rings. The van der Waals surface area contributed by atoms with Crippen molar-refractivity contribution in [1.29, 1.82) is 0 Å². The number of methoxy groups -OCH3 is 2. The van der Waals surface area contributed by atoms with Gasteiger partial charge in [-0.1, -0.05) is 37.3 Å². The van der Waals surface area contributed by atoms with E-state index in [-0.39, 0.29) is 30.2 Å². The average Bonchev–Trinajstić information content (AvgIpc) is 2.82. The normalized spacial score (nSPS) is 28.5. The minimum Gasteiger partial charge on any atom is -0.469 e. The predicted molar refractivity (Wildman–Crippen MR) is 79.7 cm³/mol. The summed E-state index contributed by atoms with van der Waals surface area (Å²) in [6, 6.07) is 10.3. The van der Waals surface area contributed by atoms with Crippen LogP contribution in [0.2, 0.25) is 0 Å². The molecule has 2 rings (SSSR count). The summed E-state index contributed by atoms with van der Waals surface area (Å²) in [4.78, 5) is 11.6. The summed E-state index contributed by atoms with van der Waals surface area (Å²) in [5.41, 5.74) is 1.28. The zero-order valence-corrected chi connectivity index (χ0v) is 13.0. The molecule has 4 atom stereocenters. The highest BCUT2D eigenvalue weighted by atomic mass is 16.7. The van der Waals surface area contributed by atoms with Crippen LogP contribution >= 0.6 is 0 Å². The first-order chi connectivity index (χ1) is 10.2. The summed E-state index contributed by atoms with van der Waals surface area (Å²) < 4.78 is 16.2. The van der Waals surface area contributed by atoms with Gasteiger partial charge in [0.25, 0.3) is 0 Å². The van der Waals surface area contributed by atoms with Crippen molar-refractivity contribution in [3.63, 3.8) is 0 Å². The molecule has 4 nitrogen and oxygen atoms in total. The van der Waals surface area contributed by atoms with Crippen molar-refractivity contribution >= 4 is 5.97 Å². The quantitative estimate of drug-likeness (QED) is 0.756. The van der Waals surface area contributed by atoms with Gasteiger partial charge in [-0.05, 0) is 18.4 Å². The van der Waals surface area contributed by atoms with E-state index in [1.54, 1.807) is 7.11 Å². The second-order valence-corrected chi connectivity index (χ2v) is 5.61. The Balaban J connectivity index is 1.99. The van der Waals surface area contributed by atoms with Crippen molar-refractivity contribution in [1.82, 2.24) is 0 Å². The molecule has 0 saturated carbocycles. The molecular formula is C17H24O4. The van der Waals surface area contributed by atoms with Crippen LogP contribution in [0.3, 0.4) is 0 Å². The maximum atomic E-state index is 11.6. The van der Waals surface area contributed by atoms with Crippen LogP contribution in [0.25, 0.3) is 0 Å². The molecule has 1 saturated heterocycles. The lowest BCUT2D eigenvalue weighted by molar-refractivity contribution is -0.142. The number of aryl methyl sites for hydroxylation is 1. The van der Waals surface area contributed by atoms with Crippen LogP contribution in [0, 0.1) is 11.8 Å². The first-order valence-corrected chi connectivity index (χ1v) is 7.44. The molecule has 1 aromatic carbocycles. The predicted octanol–water partition coefficient (Wildman–Crippen LogP) is 2.81. The Morgan fingerprint density at radius 2 is 1.95 bits per heavy atom. The Bertz CT molecular complexity index is 445. The van der Waals surface area contributed by atoms with E-state index in [1.165, 1.54) is 12.7 Å². The third-order valence-electron chi connectivity index (χ3n) is 4.31. The number of benzene rings is 1. The Morgan fingerprint density at radius 3 is 2.57 bits per heavy atom. The molecule has 0 bridgehead atoms. The maximum Gasteiger partial charge on any atom is 0.305 e. The van der Waals surface area contributed by atoms with Gasteiger partial charge in [0.15, 0.2) is 6.29 Å². The second-order valence-electron chi connectivity index (χ2n) is 5.61. The molecule has 1 heterocycles. The van der Waals surface area contributed by atoms with Gasteiger partial charge in [-0.25, -0.2) is 0 Å². The van der Waals surface area contributed by atoms with Gasteiger partial charge in [0, 0.05) is 18.9 Å². The lowest BCUT2D eigenvalue weighted by Crippen LogP contribution is -2.24. The Labute approximate surface area is 126 Å². The Hall–Kier alpha value is -1.39. The molecule has 1 aromatic rings. The van der Waals surface area contributed by atoms with E-state index in [9.17, 15) is 4.79 Å². The van der Waals surface area contributed by atoms with Crippen LogP contribution in [0.4, 0.5) is 0 Å². The zero-order chi connectivity index (χ0) is 15.2. The first-order valence-electron chi connectivity index (χ1n) is 7.44. The highest BCUT2D eigenvalue weighted by molar-refractivity contribution is 5.69. The van der Waals surface area contributed by atoms with E-state index in [1.807, 2.05) is 18.2 Å². The Kier molecular flexibility index (Phi) is 5.76. The lowest BCUT2D eigenvalue weighted by Gasteiger charge is -2.19. The molecule has 1 aliphatic heterocycles. The summed E-state index contributed by atoms with van der Waals surface area (Å²) in [5.74, 6) is 0.151. The fraction of sp³-hybridized carbons (Fsp3) is 0.588. The number of rotatable bonds is 6. The highest BCUT2D eigenvalue weighted by Gasteiger charge is 2.42. The number of ether oxygens (including phenoxy) is 3. The van der Waals surface area contributed by atoms with Gasteiger partial charge < -0.3 is 14.2 Å². The maximum absolute atomic E-state index is 11.6. The summed E-state index contributed by atoms with van der Waals surface area (Å²) in [6.45, 7) is 2.07. The van der Waals surface area contributed by atoms with Crippen LogP contribution in [-0.4, -0.2) is 32.6 Å². The van der Waals surface area contributed by atoms with Crippen molar-refractivity contribution in [3.8, 4) is 0 Å². The van der Waals surface area contributed by atoms with Gasteiger partial charge in [0.1, 0.15) is 0 Å². The van der Waals surface area contributed by atoms with Gasteiger partial charge in [0.05, 0.1) is 19.6 Å². The van der Waals surface area contributed by atoms with E-state index in [0.29, 0.717) is 6.42 Å². The monoisotopic (exact) mass is 292 g/mol. The number of hydrogen-bond donors (Lipinski definition) is 0. The number of esters is 1.